The first-order chi connectivity index (χ1) is 15.7. The maximum Gasteiger partial charge on any atom is 0.222 e. The van der Waals surface area contributed by atoms with Crippen LogP contribution in [0, 0.1) is 0 Å². The van der Waals surface area contributed by atoms with Crippen molar-refractivity contribution >= 4 is 35.8 Å². The van der Waals surface area contributed by atoms with E-state index in [-0.39, 0.29) is 36.0 Å². The number of nitrogens with zero attached hydrogens (tertiary/aromatic N) is 2. The molecule has 7 nitrogen and oxygen atoms in total. The fraction of sp³-hybridized carbons (Fsp3) is 0.440. The predicted molar refractivity (Wildman–Crippen MR) is 141 cm³/mol. The number of rotatable bonds is 7. The van der Waals surface area contributed by atoms with Crippen molar-refractivity contribution in [1.29, 1.82) is 0 Å². The van der Waals surface area contributed by atoms with E-state index < -0.39 is 0 Å². The molecular formula is C25H33IN4O3. The van der Waals surface area contributed by atoms with Crippen LogP contribution in [0.1, 0.15) is 30.9 Å². The second kappa shape index (κ2) is 12.7. The maximum absolute atomic E-state index is 12.6. The standard InChI is InChI=1S/C25H32N4O3.HI/c1-2-26-25(28-16-21-18-31-22-10-5-6-11-23(22)32-21)27-14-7-12-24(30)29-15-13-19-8-3-4-9-20(19)17-29;/h3-6,8-11,21H,2,7,12-18H2,1H3,(H2,26,27,28);1H. The minimum atomic E-state index is -0.121. The first-order valence-corrected chi connectivity index (χ1v) is 11.5. The molecule has 4 rings (SSSR count). The van der Waals surface area contributed by atoms with Gasteiger partial charge >= 0.3 is 0 Å². The van der Waals surface area contributed by atoms with Gasteiger partial charge < -0.3 is 25.0 Å². The molecule has 0 aromatic heterocycles. The number of ether oxygens (including phenoxy) is 2. The molecule has 8 heteroatoms. The summed E-state index contributed by atoms with van der Waals surface area (Å²) in [5.41, 5.74) is 2.63. The van der Waals surface area contributed by atoms with E-state index in [0.717, 1.165) is 49.9 Å². The molecule has 2 aromatic carbocycles. The van der Waals surface area contributed by atoms with Crippen LogP contribution in [0.3, 0.4) is 0 Å². The Labute approximate surface area is 213 Å². The lowest BCUT2D eigenvalue weighted by Crippen LogP contribution is -2.40. The summed E-state index contributed by atoms with van der Waals surface area (Å²) in [6, 6.07) is 16.1. The minimum Gasteiger partial charge on any atom is -0.486 e. The van der Waals surface area contributed by atoms with Crippen molar-refractivity contribution in [3.05, 3.63) is 59.7 Å². The second-order valence-electron chi connectivity index (χ2n) is 8.08. The van der Waals surface area contributed by atoms with E-state index in [1.807, 2.05) is 42.2 Å². The van der Waals surface area contributed by atoms with Crippen LogP contribution in [0.4, 0.5) is 0 Å². The molecule has 1 unspecified atom stereocenters. The summed E-state index contributed by atoms with van der Waals surface area (Å²) in [5, 5.41) is 6.58. The Morgan fingerprint density at radius 2 is 1.85 bits per heavy atom. The first kappa shape index (κ1) is 25.1. The van der Waals surface area contributed by atoms with Crippen LogP contribution < -0.4 is 20.1 Å². The smallest absolute Gasteiger partial charge is 0.222 e. The van der Waals surface area contributed by atoms with Gasteiger partial charge in [0.25, 0.3) is 0 Å². The molecule has 0 fully saturated rings. The number of hydrogen-bond donors (Lipinski definition) is 2. The molecule has 0 aliphatic carbocycles. The van der Waals surface area contributed by atoms with E-state index in [2.05, 4.69) is 33.8 Å². The number of hydrogen-bond acceptors (Lipinski definition) is 4. The molecule has 0 bridgehead atoms. The summed E-state index contributed by atoms with van der Waals surface area (Å²) in [6.45, 7) is 5.99. The van der Waals surface area contributed by atoms with Crippen LogP contribution >= 0.6 is 24.0 Å². The van der Waals surface area contributed by atoms with E-state index in [9.17, 15) is 4.79 Å². The lowest BCUT2D eigenvalue weighted by atomic mass is 9.99. The largest absolute Gasteiger partial charge is 0.486 e. The number of nitrogens with one attached hydrogen (secondary N) is 2. The zero-order valence-electron chi connectivity index (χ0n) is 19.1. The number of benzene rings is 2. The minimum absolute atomic E-state index is 0. The molecule has 2 N–H and O–H groups in total. The second-order valence-corrected chi connectivity index (χ2v) is 8.08. The SMILES string of the molecule is CCNC(=NCC1COc2ccccc2O1)NCCCC(=O)N1CCc2ccccc2C1.I. The zero-order valence-corrected chi connectivity index (χ0v) is 21.4. The molecule has 178 valence electrons. The Hall–Kier alpha value is -2.49. The van der Waals surface area contributed by atoms with Crippen LogP contribution in [-0.2, 0) is 17.8 Å². The molecule has 2 aliphatic heterocycles. The summed E-state index contributed by atoms with van der Waals surface area (Å²) in [7, 11) is 0. The van der Waals surface area contributed by atoms with Gasteiger partial charge in [-0.05, 0) is 43.0 Å². The number of carbonyl (C=O) groups excluding carboxylic acids is 1. The van der Waals surface area contributed by atoms with Gasteiger partial charge in [0.1, 0.15) is 6.61 Å². The quantitative estimate of drug-likeness (QED) is 0.234. The number of amides is 1. The number of para-hydroxylation sites is 2. The Morgan fingerprint density at radius 1 is 1.09 bits per heavy atom. The van der Waals surface area contributed by atoms with Gasteiger partial charge in [-0.15, -0.1) is 24.0 Å². The van der Waals surface area contributed by atoms with E-state index in [1.54, 1.807) is 0 Å². The zero-order chi connectivity index (χ0) is 22.2. The number of aliphatic imine (C=N–C) groups is 1. The summed E-state index contributed by atoms with van der Waals surface area (Å²) in [4.78, 5) is 19.2. The third-order valence-electron chi connectivity index (χ3n) is 5.71. The Bertz CT molecular complexity index is 953. The summed E-state index contributed by atoms with van der Waals surface area (Å²) in [5.74, 6) is 2.49. The van der Waals surface area contributed by atoms with Crippen molar-refractivity contribution in [2.24, 2.45) is 4.99 Å². The number of guanidine groups is 1. The topological polar surface area (TPSA) is 75.2 Å². The van der Waals surface area contributed by atoms with Crippen molar-refractivity contribution in [1.82, 2.24) is 15.5 Å². The van der Waals surface area contributed by atoms with Gasteiger partial charge in [0.15, 0.2) is 23.6 Å². The summed E-state index contributed by atoms with van der Waals surface area (Å²) < 4.78 is 11.7. The molecule has 0 saturated heterocycles. The highest BCUT2D eigenvalue weighted by atomic mass is 127. The molecule has 2 heterocycles. The molecule has 2 aromatic rings. The number of carbonyl (C=O) groups is 1. The highest BCUT2D eigenvalue weighted by molar-refractivity contribution is 14.0. The highest BCUT2D eigenvalue weighted by Gasteiger charge is 2.21. The lowest BCUT2D eigenvalue weighted by molar-refractivity contribution is -0.132. The van der Waals surface area contributed by atoms with E-state index in [4.69, 9.17) is 9.47 Å². The molecule has 2 aliphatic rings. The van der Waals surface area contributed by atoms with Crippen LogP contribution in [0.25, 0.3) is 0 Å². The average molecular weight is 564 g/mol. The van der Waals surface area contributed by atoms with E-state index in [1.165, 1.54) is 11.1 Å². The van der Waals surface area contributed by atoms with Gasteiger partial charge in [-0.2, -0.15) is 0 Å². The lowest BCUT2D eigenvalue weighted by Gasteiger charge is -2.29. The highest BCUT2D eigenvalue weighted by Crippen LogP contribution is 2.30. The van der Waals surface area contributed by atoms with E-state index >= 15 is 0 Å². The molecule has 0 radical (unpaired) electrons. The molecule has 33 heavy (non-hydrogen) atoms. The Balaban J connectivity index is 0.00000306. The number of fused-ring (bicyclic) bond motifs is 2. The molecule has 1 atom stereocenters. The summed E-state index contributed by atoms with van der Waals surface area (Å²) >= 11 is 0. The molecule has 1 amide bonds. The Kier molecular flexibility index (Phi) is 9.65. The third-order valence-corrected chi connectivity index (χ3v) is 5.71. The van der Waals surface area contributed by atoms with Crippen LogP contribution in [-0.4, -0.2) is 55.7 Å². The van der Waals surface area contributed by atoms with Crippen molar-refractivity contribution in [3.8, 4) is 11.5 Å². The van der Waals surface area contributed by atoms with Crippen LogP contribution in [0.15, 0.2) is 53.5 Å². The maximum atomic E-state index is 12.6. The van der Waals surface area contributed by atoms with Gasteiger partial charge in [0.05, 0.1) is 6.54 Å². The van der Waals surface area contributed by atoms with Crippen molar-refractivity contribution in [2.75, 3.05) is 32.8 Å². The van der Waals surface area contributed by atoms with Gasteiger partial charge in [0, 0.05) is 32.6 Å². The average Bonchev–Trinajstić information content (AvgIpc) is 2.84. The van der Waals surface area contributed by atoms with Crippen molar-refractivity contribution in [2.45, 2.75) is 38.8 Å². The van der Waals surface area contributed by atoms with Gasteiger partial charge in [-0.3, -0.25) is 4.79 Å². The Morgan fingerprint density at radius 3 is 2.67 bits per heavy atom. The normalized spacial score (nSPS) is 16.9. The van der Waals surface area contributed by atoms with Gasteiger partial charge in [-0.1, -0.05) is 36.4 Å². The van der Waals surface area contributed by atoms with Gasteiger partial charge in [-0.25, -0.2) is 4.99 Å². The third kappa shape index (κ3) is 6.99. The predicted octanol–water partition coefficient (Wildman–Crippen LogP) is 3.36. The van der Waals surface area contributed by atoms with Crippen LogP contribution in [0.5, 0.6) is 11.5 Å². The number of halogens is 1. The molecule has 0 saturated carbocycles. The molecular weight excluding hydrogens is 531 g/mol. The summed E-state index contributed by atoms with van der Waals surface area (Å²) in [6.07, 6.45) is 2.11. The fourth-order valence-electron chi connectivity index (χ4n) is 4.00. The monoisotopic (exact) mass is 564 g/mol. The molecule has 0 spiro atoms. The fourth-order valence-corrected chi connectivity index (χ4v) is 4.00. The van der Waals surface area contributed by atoms with Crippen molar-refractivity contribution < 1.29 is 14.3 Å². The van der Waals surface area contributed by atoms with Crippen LogP contribution in [0.2, 0.25) is 0 Å². The van der Waals surface area contributed by atoms with E-state index in [0.29, 0.717) is 26.1 Å². The van der Waals surface area contributed by atoms with Gasteiger partial charge in [0.2, 0.25) is 5.91 Å². The van der Waals surface area contributed by atoms with Crippen molar-refractivity contribution in [3.63, 3.8) is 0 Å². The first-order valence-electron chi connectivity index (χ1n) is 11.5.